The Morgan fingerprint density at radius 3 is 2.43 bits per heavy atom. The first kappa shape index (κ1) is 20.2. The molecule has 1 heterocycles. The maximum Gasteiger partial charge on any atom is 0.255 e. The van der Waals surface area contributed by atoms with Gasteiger partial charge in [0, 0.05) is 34.9 Å². The first-order valence-corrected chi connectivity index (χ1v) is 9.45. The summed E-state index contributed by atoms with van der Waals surface area (Å²) in [6.45, 7) is 1.19. The number of rotatable bonds is 6. The van der Waals surface area contributed by atoms with Crippen LogP contribution in [0.5, 0.6) is 0 Å². The minimum absolute atomic E-state index is 0.0183. The zero-order valence-electron chi connectivity index (χ0n) is 15.2. The molecule has 0 aromatic heterocycles. The summed E-state index contributed by atoms with van der Waals surface area (Å²) in [7, 11) is 0. The van der Waals surface area contributed by atoms with Gasteiger partial charge in [-0.25, -0.2) is 0 Å². The molecule has 0 atom stereocenters. The normalized spacial score (nSPS) is 15.2. The van der Waals surface area contributed by atoms with Crippen molar-refractivity contribution in [1.82, 2.24) is 4.90 Å². The molecule has 3 rings (SSSR count). The fourth-order valence-electron chi connectivity index (χ4n) is 3.08. The number of ketones is 2. The number of anilines is 1. The lowest BCUT2D eigenvalue weighted by Crippen LogP contribution is -2.40. The summed E-state index contributed by atoms with van der Waals surface area (Å²) in [5.74, 6) is -1.54. The molecule has 2 aromatic carbocycles. The van der Waals surface area contributed by atoms with Crippen molar-refractivity contribution >= 4 is 34.8 Å². The van der Waals surface area contributed by atoms with E-state index in [2.05, 4.69) is 5.32 Å². The van der Waals surface area contributed by atoms with E-state index in [4.69, 9.17) is 11.6 Å². The molecule has 0 saturated carbocycles. The minimum atomic E-state index is -0.622. The van der Waals surface area contributed by atoms with Crippen LogP contribution in [0.3, 0.4) is 0 Å². The largest absolute Gasteiger partial charge is 0.393 e. The Balaban J connectivity index is 1.65. The van der Waals surface area contributed by atoms with Gasteiger partial charge in [0.15, 0.2) is 0 Å². The van der Waals surface area contributed by atoms with Crippen LogP contribution in [-0.4, -0.2) is 53.2 Å². The number of nitrogens with zero attached hydrogens (tertiary/aromatic N) is 1. The van der Waals surface area contributed by atoms with E-state index in [1.165, 1.54) is 12.1 Å². The third kappa shape index (κ3) is 5.25. The van der Waals surface area contributed by atoms with Gasteiger partial charge in [0.1, 0.15) is 0 Å². The molecule has 0 unspecified atom stereocenters. The second-order valence-electron chi connectivity index (χ2n) is 6.80. The number of hydrogen-bond acceptors (Lipinski definition) is 5. The van der Waals surface area contributed by atoms with Crippen LogP contribution < -0.4 is 5.32 Å². The zero-order chi connectivity index (χ0) is 20.1. The van der Waals surface area contributed by atoms with Gasteiger partial charge in [0.25, 0.3) is 5.91 Å². The molecule has 2 aromatic rings. The van der Waals surface area contributed by atoms with Gasteiger partial charge < -0.3 is 10.4 Å². The van der Waals surface area contributed by atoms with E-state index < -0.39 is 17.5 Å². The Labute approximate surface area is 168 Å². The second-order valence-corrected chi connectivity index (χ2v) is 7.24. The number of Topliss-reactive ketones (excluding diaryl/α,β-unsaturated/α-hetero) is 2. The van der Waals surface area contributed by atoms with E-state index in [0.29, 0.717) is 36.6 Å². The van der Waals surface area contributed by atoms with Crippen molar-refractivity contribution < 1.29 is 19.5 Å². The van der Waals surface area contributed by atoms with Crippen molar-refractivity contribution in [3.63, 3.8) is 0 Å². The average Bonchev–Trinajstić information content (AvgIpc) is 2.69. The van der Waals surface area contributed by atoms with E-state index in [1.807, 2.05) is 4.90 Å². The molecule has 0 aliphatic carbocycles. The SMILES string of the molecule is O=C(CN1CCC(O)CC1)C(=O)c1cccc(C(=O)Nc2cccc(Cl)c2)c1. The Hall–Kier alpha value is -2.54. The molecule has 0 spiro atoms. The van der Waals surface area contributed by atoms with Gasteiger partial charge in [-0.2, -0.15) is 0 Å². The van der Waals surface area contributed by atoms with Crippen LogP contribution in [0, 0.1) is 0 Å². The fraction of sp³-hybridized carbons (Fsp3) is 0.286. The van der Waals surface area contributed by atoms with Crippen molar-refractivity contribution in [3.05, 3.63) is 64.7 Å². The third-order valence-corrected chi connectivity index (χ3v) is 4.88. The van der Waals surface area contributed by atoms with Crippen molar-refractivity contribution in [3.8, 4) is 0 Å². The summed E-state index contributed by atoms with van der Waals surface area (Å²) in [6, 6.07) is 12.8. The first-order valence-electron chi connectivity index (χ1n) is 9.07. The molecule has 146 valence electrons. The predicted molar refractivity (Wildman–Crippen MR) is 107 cm³/mol. The number of carbonyl (C=O) groups excluding carboxylic acids is 3. The number of likely N-dealkylation sites (tertiary alicyclic amines) is 1. The Morgan fingerprint density at radius 1 is 1.04 bits per heavy atom. The van der Waals surface area contributed by atoms with Gasteiger partial charge in [0.05, 0.1) is 12.6 Å². The highest BCUT2D eigenvalue weighted by Crippen LogP contribution is 2.17. The standard InChI is InChI=1S/C21H21ClN2O4/c22-16-5-2-6-17(12-16)23-21(28)15-4-1-3-14(11-15)20(27)19(26)13-24-9-7-18(25)8-10-24/h1-6,11-12,18,25H,7-10,13H2,(H,23,28). The molecule has 1 amide bonds. The summed E-state index contributed by atoms with van der Waals surface area (Å²) in [5, 5.41) is 12.7. The van der Waals surface area contributed by atoms with E-state index in [0.717, 1.165) is 0 Å². The topological polar surface area (TPSA) is 86.7 Å². The highest BCUT2D eigenvalue weighted by molar-refractivity contribution is 6.44. The zero-order valence-corrected chi connectivity index (χ0v) is 16.0. The maximum absolute atomic E-state index is 12.5. The third-order valence-electron chi connectivity index (χ3n) is 4.65. The monoisotopic (exact) mass is 400 g/mol. The highest BCUT2D eigenvalue weighted by atomic mass is 35.5. The molecule has 6 nitrogen and oxygen atoms in total. The first-order chi connectivity index (χ1) is 13.4. The lowest BCUT2D eigenvalue weighted by Gasteiger charge is -2.28. The lowest BCUT2D eigenvalue weighted by molar-refractivity contribution is -0.116. The van der Waals surface area contributed by atoms with Crippen molar-refractivity contribution in [1.29, 1.82) is 0 Å². The smallest absolute Gasteiger partial charge is 0.255 e. The van der Waals surface area contributed by atoms with E-state index in [-0.39, 0.29) is 23.8 Å². The Kier molecular flexibility index (Phi) is 6.57. The van der Waals surface area contributed by atoms with E-state index in [1.54, 1.807) is 36.4 Å². The molecule has 1 aliphatic heterocycles. The summed E-state index contributed by atoms with van der Waals surface area (Å²) in [4.78, 5) is 39.1. The molecule has 1 fully saturated rings. The van der Waals surface area contributed by atoms with Crippen LogP contribution in [-0.2, 0) is 4.79 Å². The summed E-state index contributed by atoms with van der Waals surface area (Å²) < 4.78 is 0. The van der Waals surface area contributed by atoms with Gasteiger partial charge in [0.2, 0.25) is 11.6 Å². The Morgan fingerprint density at radius 2 is 1.71 bits per heavy atom. The quantitative estimate of drug-likeness (QED) is 0.575. The molecule has 7 heteroatoms. The molecule has 28 heavy (non-hydrogen) atoms. The number of hydrogen-bond donors (Lipinski definition) is 2. The number of piperidine rings is 1. The van der Waals surface area contributed by atoms with Crippen molar-refractivity contribution in [2.45, 2.75) is 18.9 Å². The van der Waals surface area contributed by atoms with Gasteiger partial charge in [-0.05, 0) is 43.2 Å². The molecular formula is C21H21ClN2O4. The number of aliphatic hydroxyl groups is 1. The maximum atomic E-state index is 12.5. The molecule has 0 radical (unpaired) electrons. The second kappa shape index (κ2) is 9.10. The number of carbonyl (C=O) groups is 3. The molecule has 2 N–H and O–H groups in total. The molecule has 1 aliphatic rings. The van der Waals surface area contributed by atoms with Crippen LogP contribution in [0.1, 0.15) is 33.6 Å². The summed E-state index contributed by atoms with van der Waals surface area (Å²) in [5.41, 5.74) is 0.998. The highest BCUT2D eigenvalue weighted by Gasteiger charge is 2.23. The van der Waals surface area contributed by atoms with Crippen molar-refractivity contribution in [2.24, 2.45) is 0 Å². The average molecular weight is 401 g/mol. The van der Waals surface area contributed by atoms with Crippen LogP contribution in [0.4, 0.5) is 5.69 Å². The van der Waals surface area contributed by atoms with Gasteiger partial charge >= 0.3 is 0 Å². The van der Waals surface area contributed by atoms with Gasteiger partial charge in [-0.1, -0.05) is 29.8 Å². The van der Waals surface area contributed by atoms with Gasteiger partial charge in [-0.3, -0.25) is 19.3 Å². The summed E-state index contributed by atoms with van der Waals surface area (Å²) in [6.07, 6.45) is 0.859. The van der Waals surface area contributed by atoms with Crippen LogP contribution >= 0.6 is 11.6 Å². The summed E-state index contributed by atoms with van der Waals surface area (Å²) >= 11 is 5.91. The lowest BCUT2D eigenvalue weighted by atomic mass is 10.0. The Bertz CT molecular complexity index is 891. The molecule has 1 saturated heterocycles. The van der Waals surface area contributed by atoms with E-state index in [9.17, 15) is 19.5 Å². The van der Waals surface area contributed by atoms with Crippen LogP contribution in [0.15, 0.2) is 48.5 Å². The fourth-order valence-corrected chi connectivity index (χ4v) is 3.27. The molecule has 0 bridgehead atoms. The number of amides is 1. The number of nitrogens with one attached hydrogen (secondary N) is 1. The minimum Gasteiger partial charge on any atom is -0.393 e. The van der Waals surface area contributed by atoms with E-state index >= 15 is 0 Å². The van der Waals surface area contributed by atoms with Crippen molar-refractivity contribution in [2.75, 3.05) is 25.0 Å². The number of aliphatic hydroxyl groups excluding tert-OH is 1. The van der Waals surface area contributed by atoms with Crippen LogP contribution in [0.2, 0.25) is 5.02 Å². The van der Waals surface area contributed by atoms with Gasteiger partial charge in [-0.15, -0.1) is 0 Å². The molecular weight excluding hydrogens is 380 g/mol. The van der Waals surface area contributed by atoms with Crippen LogP contribution in [0.25, 0.3) is 0 Å². The number of benzene rings is 2. The predicted octanol–water partition coefficient (Wildman–Crippen LogP) is 2.80. The number of halogens is 1.